The number of thiophene rings is 1. The number of benzene rings is 3. The van der Waals surface area contributed by atoms with Gasteiger partial charge in [0.05, 0.1) is 5.02 Å². The van der Waals surface area contributed by atoms with Crippen molar-refractivity contribution in [1.82, 2.24) is 15.8 Å². The maximum Gasteiger partial charge on any atom is 0.344 e. The highest BCUT2D eigenvalue weighted by Gasteiger charge is 2.54. The van der Waals surface area contributed by atoms with E-state index in [-0.39, 0.29) is 9.90 Å². The summed E-state index contributed by atoms with van der Waals surface area (Å²) in [6, 6.07) is 24.5. The van der Waals surface area contributed by atoms with Gasteiger partial charge >= 0.3 is 6.03 Å². The van der Waals surface area contributed by atoms with E-state index >= 15 is 0 Å². The van der Waals surface area contributed by atoms with Gasteiger partial charge in [0.1, 0.15) is 4.88 Å². The summed E-state index contributed by atoms with van der Waals surface area (Å²) >= 11 is 7.60. The van der Waals surface area contributed by atoms with E-state index in [0.717, 1.165) is 15.1 Å². The number of nitrogens with one attached hydrogen (secondary N) is 2. The molecule has 2 heterocycles. The van der Waals surface area contributed by atoms with Gasteiger partial charge in [-0.1, -0.05) is 90.5 Å². The third kappa shape index (κ3) is 3.05. The SMILES string of the molecule is O=C(NN1C(=O)NC(c2ccccc2)(c2ccccc2)C1=O)c1sc2ccccc2c1Cl. The second kappa shape index (κ2) is 7.78. The molecule has 0 bridgehead atoms. The molecule has 8 heteroatoms. The van der Waals surface area contributed by atoms with E-state index in [0.29, 0.717) is 11.1 Å². The van der Waals surface area contributed by atoms with Gasteiger partial charge in [-0.05, 0) is 17.2 Å². The van der Waals surface area contributed by atoms with Crippen LogP contribution in [0.1, 0.15) is 20.8 Å². The number of amides is 4. The summed E-state index contributed by atoms with van der Waals surface area (Å²) in [5, 5.41) is 4.54. The number of imide groups is 1. The Morgan fingerprint density at radius 1 is 0.875 bits per heavy atom. The molecule has 32 heavy (non-hydrogen) atoms. The first kappa shape index (κ1) is 20.2. The highest BCUT2D eigenvalue weighted by atomic mass is 35.5. The number of hydrogen-bond acceptors (Lipinski definition) is 4. The third-order valence-corrected chi connectivity index (χ3v) is 7.06. The molecule has 0 aliphatic carbocycles. The quantitative estimate of drug-likeness (QED) is 0.432. The summed E-state index contributed by atoms with van der Waals surface area (Å²) < 4.78 is 0.836. The first-order chi connectivity index (χ1) is 15.5. The van der Waals surface area contributed by atoms with E-state index in [1.165, 1.54) is 11.3 Å². The van der Waals surface area contributed by atoms with Gasteiger partial charge in [0.25, 0.3) is 11.8 Å². The smallest absolute Gasteiger partial charge is 0.314 e. The van der Waals surface area contributed by atoms with Crippen LogP contribution in [0.3, 0.4) is 0 Å². The lowest BCUT2D eigenvalue weighted by Gasteiger charge is -2.27. The molecule has 0 saturated carbocycles. The predicted molar refractivity (Wildman–Crippen MR) is 123 cm³/mol. The van der Waals surface area contributed by atoms with Crippen LogP contribution >= 0.6 is 22.9 Å². The Morgan fingerprint density at radius 3 is 2.03 bits per heavy atom. The molecule has 2 N–H and O–H groups in total. The number of urea groups is 1. The third-order valence-electron chi connectivity index (χ3n) is 5.39. The number of nitrogens with zero attached hydrogens (tertiary/aromatic N) is 1. The Balaban J connectivity index is 1.53. The summed E-state index contributed by atoms with van der Waals surface area (Å²) in [6.45, 7) is 0. The van der Waals surface area contributed by atoms with Crippen LogP contribution in [0.5, 0.6) is 0 Å². The van der Waals surface area contributed by atoms with Crippen molar-refractivity contribution < 1.29 is 14.4 Å². The molecule has 3 aromatic carbocycles. The summed E-state index contributed by atoms with van der Waals surface area (Å²) in [5.41, 5.74) is 2.16. The molecule has 1 aliphatic heterocycles. The maximum absolute atomic E-state index is 13.7. The highest BCUT2D eigenvalue weighted by molar-refractivity contribution is 7.21. The number of hydrazine groups is 1. The van der Waals surface area contributed by atoms with Gasteiger partial charge < -0.3 is 5.32 Å². The minimum absolute atomic E-state index is 0.227. The van der Waals surface area contributed by atoms with E-state index in [4.69, 9.17) is 11.6 Å². The molecule has 0 unspecified atom stereocenters. The molecule has 0 atom stereocenters. The predicted octanol–water partition coefficient (Wildman–Crippen LogP) is 4.70. The standard InChI is InChI=1S/C24H16ClN3O3S/c25-19-17-13-7-8-14-18(17)32-20(19)21(29)27-28-22(30)24(26-23(28)31,15-9-3-1-4-10-15)16-11-5-2-6-12-16/h1-14H,(H,26,31)(H,27,29). The average Bonchev–Trinajstić information content (AvgIpc) is 3.30. The van der Waals surface area contributed by atoms with Gasteiger partial charge in [-0.15, -0.1) is 11.3 Å². The monoisotopic (exact) mass is 461 g/mol. The van der Waals surface area contributed by atoms with Crippen molar-refractivity contribution in [2.45, 2.75) is 5.54 Å². The van der Waals surface area contributed by atoms with Crippen molar-refractivity contribution in [2.75, 3.05) is 0 Å². The molecule has 1 aromatic heterocycles. The van der Waals surface area contributed by atoms with Crippen molar-refractivity contribution in [2.24, 2.45) is 0 Å². The van der Waals surface area contributed by atoms with E-state index < -0.39 is 23.4 Å². The van der Waals surface area contributed by atoms with Gasteiger partial charge in [0, 0.05) is 10.1 Å². The zero-order chi connectivity index (χ0) is 22.3. The Bertz CT molecular complexity index is 1320. The van der Waals surface area contributed by atoms with Crippen LogP contribution in [0.25, 0.3) is 10.1 Å². The Morgan fingerprint density at radius 2 is 1.44 bits per heavy atom. The van der Waals surface area contributed by atoms with Crippen LogP contribution in [0.2, 0.25) is 5.02 Å². The number of rotatable bonds is 4. The second-order valence-electron chi connectivity index (χ2n) is 7.24. The normalized spacial score (nSPS) is 15.1. The molecule has 158 valence electrons. The number of fused-ring (bicyclic) bond motifs is 1. The molecule has 5 rings (SSSR count). The van der Waals surface area contributed by atoms with Crippen LogP contribution in [0.4, 0.5) is 4.79 Å². The largest absolute Gasteiger partial charge is 0.344 e. The van der Waals surface area contributed by atoms with Gasteiger partial charge in [-0.2, -0.15) is 5.01 Å². The second-order valence-corrected chi connectivity index (χ2v) is 8.67. The van der Waals surface area contributed by atoms with E-state index in [2.05, 4.69) is 10.7 Å². The van der Waals surface area contributed by atoms with Gasteiger partial charge in [-0.3, -0.25) is 15.0 Å². The Kier molecular flexibility index (Phi) is 4.92. The molecule has 4 amide bonds. The van der Waals surface area contributed by atoms with E-state index in [1.807, 2.05) is 36.4 Å². The number of halogens is 1. The first-order valence-corrected chi connectivity index (χ1v) is 11.0. The molecule has 4 aromatic rings. The lowest BCUT2D eigenvalue weighted by atomic mass is 9.83. The van der Waals surface area contributed by atoms with Gasteiger partial charge in [-0.25, -0.2) is 4.79 Å². The molecule has 1 fully saturated rings. The lowest BCUT2D eigenvalue weighted by molar-refractivity contribution is -0.131. The fourth-order valence-corrected chi connectivity index (χ4v) is 5.28. The summed E-state index contributed by atoms with van der Waals surface area (Å²) in [5.74, 6) is -1.23. The first-order valence-electron chi connectivity index (χ1n) is 9.78. The fraction of sp³-hybridized carbons (Fsp3) is 0.0417. The topological polar surface area (TPSA) is 78.5 Å². The van der Waals surface area contributed by atoms with Gasteiger partial charge in [0.2, 0.25) is 0 Å². The van der Waals surface area contributed by atoms with Gasteiger partial charge in [0.15, 0.2) is 5.54 Å². The zero-order valence-electron chi connectivity index (χ0n) is 16.5. The van der Waals surface area contributed by atoms with Crippen LogP contribution in [0.15, 0.2) is 84.9 Å². The minimum atomic E-state index is -1.46. The lowest BCUT2D eigenvalue weighted by Crippen LogP contribution is -2.49. The molecule has 0 radical (unpaired) electrons. The summed E-state index contributed by atoms with van der Waals surface area (Å²) in [4.78, 5) is 39.8. The molecule has 1 saturated heterocycles. The maximum atomic E-state index is 13.7. The van der Waals surface area contributed by atoms with Crippen LogP contribution in [-0.2, 0) is 10.3 Å². The van der Waals surface area contributed by atoms with Crippen molar-refractivity contribution in [3.05, 3.63) is 106 Å². The van der Waals surface area contributed by atoms with Crippen LogP contribution < -0.4 is 10.7 Å². The average molecular weight is 462 g/mol. The van der Waals surface area contributed by atoms with Crippen molar-refractivity contribution >= 4 is 50.9 Å². The number of hydrogen-bond donors (Lipinski definition) is 2. The summed E-state index contributed by atoms with van der Waals surface area (Å²) in [6.07, 6.45) is 0. The molecule has 6 nitrogen and oxygen atoms in total. The minimum Gasteiger partial charge on any atom is -0.314 e. The molecule has 1 aliphatic rings. The zero-order valence-corrected chi connectivity index (χ0v) is 18.1. The van der Waals surface area contributed by atoms with Crippen molar-refractivity contribution in [1.29, 1.82) is 0 Å². The molecular weight excluding hydrogens is 446 g/mol. The summed E-state index contributed by atoms with van der Waals surface area (Å²) in [7, 11) is 0. The highest BCUT2D eigenvalue weighted by Crippen LogP contribution is 2.37. The van der Waals surface area contributed by atoms with Crippen molar-refractivity contribution in [3.8, 4) is 0 Å². The Labute approximate surface area is 192 Å². The van der Waals surface area contributed by atoms with E-state index in [1.54, 1.807) is 48.5 Å². The number of carbonyl (C=O) groups excluding carboxylic acids is 3. The van der Waals surface area contributed by atoms with Crippen LogP contribution in [-0.4, -0.2) is 22.9 Å². The van der Waals surface area contributed by atoms with E-state index in [9.17, 15) is 14.4 Å². The molecule has 0 spiro atoms. The van der Waals surface area contributed by atoms with Crippen LogP contribution in [0, 0.1) is 0 Å². The number of carbonyl (C=O) groups is 3. The molecular formula is C24H16ClN3O3S. The Hall–Kier alpha value is -3.68. The fourth-order valence-electron chi connectivity index (χ4n) is 3.88. The van der Waals surface area contributed by atoms with Crippen molar-refractivity contribution in [3.63, 3.8) is 0 Å².